The summed E-state index contributed by atoms with van der Waals surface area (Å²) in [5.41, 5.74) is -2.51. The fourth-order valence-corrected chi connectivity index (χ4v) is 9.28. The van der Waals surface area contributed by atoms with Gasteiger partial charge in [0, 0.05) is 28.5 Å². The van der Waals surface area contributed by atoms with Crippen LogP contribution in [0.5, 0.6) is 11.6 Å². The van der Waals surface area contributed by atoms with E-state index in [1.807, 2.05) is 66.7 Å². The Morgan fingerprint density at radius 2 is 1.77 bits per heavy atom. The molecule has 2 aromatic rings. The van der Waals surface area contributed by atoms with E-state index in [0.717, 1.165) is 18.9 Å². The van der Waals surface area contributed by atoms with Gasteiger partial charge in [0.15, 0.2) is 25.4 Å². The Kier molecular flexibility index (Phi) is 11.0. The third-order valence-corrected chi connectivity index (χ3v) is 16.3. The SMILES string of the molecule is C=CS(=O)(=O)Nc1cc(F)c2c(c1OCCCC)C(O)=C1C(=O)[C@]3(O[Si](C)(C)C(C)(C)C)C(=O)c4c(OCCCC)noc4[C@@H](N(C)C)[C@@H]3C[C@@H]1C2. The molecular formula is C37H52FN3O9SSi. The fourth-order valence-electron chi connectivity index (χ4n) is 7.29. The monoisotopic (exact) mass is 761 g/mol. The van der Waals surface area contributed by atoms with Crippen LogP contribution in [0, 0.1) is 17.7 Å². The Hall–Kier alpha value is -3.53. The number of nitrogens with zero attached hydrogens (tertiary/aromatic N) is 2. The van der Waals surface area contributed by atoms with Gasteiger partial charge in [-0.15, -0.1) is 0 Å². The van der Waals surface area contributed by atoms with Gasteiger partial charge < -0.3 is 23.5 Å². The third kappa shape index (κ3) is 6.62. The van der Waals surface area contributed by atoms with E-state index >= 15 is 14.0 Å². The van der Waals surface area contributed by atoms with Gasteiger partial charge in [0.1, 0.15) is 17.1 Å². The molecule has 15 heteroatoms. The molecule has 0 bridgehead atoms. The lowest BCUT2D eigenvalue weighted by molar-refractivity contribution is -0.140. The van der Waals surface area contributed by atoms with E-state index in [1.165, 1.54) is 0 Å². The number of ketones is 2. The lowest BCUT2D eigenvalue weighted by atomic mass is 9.57. The molecule has 1 aromatic carbocycles. The molecule has 1 heterocycles. The number of anilines is 1. The summed E-state index contributed by atoms with van der Waals surface area (Å²) in [6.07, 6.45) is 2.98. The summed E-state index contributed by atoms with van der Waals surface area (Å²) in [5.74, 6) is -4.18. The molecule has 2 N–H and O–H groups in total. The van der Waals surface area contributed by atoms with Crippen LogP contribution in [0.25, 0.3) is 5.76 Å². The summed E-state index contributed by atoms with van der Waals surface area (Å²) in [6, 6.07) is 0.346. The van der Waals surface area contributed by atoms with Crippen LogP contribution in [-0.4, -0.2) is 76.4 Å². The Labute approximate surface area is 306 Å². The highest BCUT2D eigenvalue weighted by Crippen LogP contribution is 2.59. The second kappa shape index (κ2) is 14.4. The maximum Gasteiger partial charge on any atom is 0.265 e. The first-order valence-corrected chi connectivity index (χ1v) is 22.4. The van der Waals surface area contributed by atoms with E-state index in [2.05, 4.69) is 16.5 Å². The highest BCUT2D eigenvalue weighted by atomic mass is 32.2. The maximum absolute atomic E-state index is 16.1. The van der Waals surface area contributed by atoms with Crippen molar-refractivity contribution in [1.29, 1.82) is 0 Å². The molecule has 0 radical (unpaired) electrons. The second-order valence-corrected chi connectivity index (χ2v) is 22.1. The standard InChI is InChI=1S/C37H52FN3O9SSi/c1-11-14-16-47-31-25(40-51(45,46)13-3)20-24(38)22-18-21-19-23-29(41(7)8)32-28(35(39-49-32)48-17-15-12-2)34(44)37(23,50-52(9,10)36(4,5)6)33(43)26(21)30(42)27(22)31/h13,20-21,23,29,40,42H,3,11-12,14-19H2,1-2,4-10H3/t21-,23-,29-,37-/m0/s1. The minimum Gasteiger partial charge on any atom is -0.507 e. The Morgan fingerprint density at radius 3 is 2.35 bits per heavy atom. The van der Waals surface area contributed by atoms with Crippen LogP contribution in [0.3, 0.4) is 0 Å². The van der Waals surface area contributed by atoms with E-state index in [4.69, 9.17) is 18.4 Å². The summed E-state index contributed by atoms with van der Waals surface area (Å²) < 4.78 is 68.6. The third-order valence-electron chi connectivity index (χ3n) is 11.0. The predicted octanol–water partition coefficient (Wildman–Crippen LogP) is 7.35. The van der Waals surface area contributed by atoms with E-state index in [0.29, 0.717) is 18.2 Å². The molecule has 5 rings (SSSR count). The zero-order valence-corrected chi connectivity index (χ0v) is 33.5. The zero-order chi connectivity index (χ0) is 38.6. The molecule has 3 aliphatic carbocycles. The first-order chi connectivity index (χ1) is 24.3. The van der Waals surface area contributed by atoms with Gasteiger partial charge in [-0.1, -0.05) is 54.0 Å². The van der Waals surface area contributed by atoms with Crippen LogP contribution in [0.1, 0.15) is 100 Å². The van der Waals surface area contributed by atoms with Crippen LogP contribution >= 0.6 is 0 Å². The molecular weight excluding hydrogens is 710 g/mol. The Bertz CT molecular complexity index is 1900. The number of hydrogen-bond acceptors (Lipinski definition) is 11. The average molecular weight is 762 g/mol. The number of benzene rings is 1. The summed E-state index contributed by atoms with van der Waals surface area (Å²) in [4.78, 5) is 32.6. The number of ether oxygens (including phenoxy) is 2. The molecule has 52 heavy (non-hydrogen) atoms. The Morgan fingerprint density at radius 1 is 1.13 bits per heavy atom. The molecule has 0 saturated heterocycles. The number of fused-ring (bicyclic) bond motifs is 4. The largest absolute Gasteiger partial charge is 0.507 e. The lowest BCUT2D eigenvalue weighted by Gasteiger charge is -2.55. The van der Waals surface area contributed by atoms with Gasteiger partial charge in [-0.05, 0) is 69.0 Å². The topological polar surface area (TPSA) is 158 Å². The average Bonchev–Trinajstić information content (AvgIpc) is 3.46. The molecule has 1 aromatic heterocycles. The van der Waals surface area contributed by atoms with E-state index < -0.39 is 70.0 Å². The van der Waals surface area contributed by atoms with Crippen LogP contribution < -0.4 is 14.2 Å². The molecule has 0 aliphatic heterocycles. The van der Waals surface area contributed by atoms with Gasteiger partial charge >= 0.3 is 0 Å². The molecule has 3 aliphatic rings. The normalized spacial score (nSPS) is 23.2. The highest BCUT2D eigenvalue weighted by Gasteiger charge is 2.69. The quantitative estimate of drug-likeness (QED) is 0.113. The van der Waals surface area contributed by atoms with Crippen molar-refractivity contribution in [3.63, 3.8) is 0 Å². The van der Waals surface area contributed by atoms with Crippen molar-refractivity contribution in [3.8, 4) is 11.6 Å². The number of aliphatic hydroxyl groups is 1. The summed E-state index contributed by atoms with van der Waals surface area (Å²) in [6.45, 7) is 17.6. The van der Waals surface area contributed by atoms with Gasteiger partial charge in [0.25, 0.3) is 15.9 Å². The van der Waals surface area contributed by atoms with Gasteiger partial charge in [-0.25, -0.2) is 12.8 Å². The van der Waals surface area contributed by atoms with Crippen molar-refractivity contribution in [3.05, 3.63) is 51.9 Å². The van der Waals surface area contributed by atoms with Crippen molar-refractivity contribution in [2.24, 2.45) is 11.8 Å². The first kappa shape index (κ1) is 39.7. The number of nitrogens with one attached hydrogen (secondary N) is 1. The number of halogens is 1. The second-order valence-electron chi connectivity index (χ2n) is 15.7. The number of unbranched alkanes of at least 4 members (excludes halogenated alkanes) is 2. The molecule has 12 nitrogen and oxygen atoms in total. The van der Waals surface area contributed by atoms with Crippen molar-refractivity contribution in [2.45, 2.75) is 103 Å². The number of Topliss-reactive ketones (excluding diaryl/α,β-unsaturated/α-hetero) is 2. The summed E-state index contributed by atoms with van der Waals surface area (Å²) in [5, 5.41) is 16.6. The summed E-state index contributed by atoms with van der Waals surface area (Å²) >= 11 is 0. The Balaban J connectivity index is 1.80. The molecule has 1 saturated carbocycles. The number of carbonyl (C=O) groups excluding carboxylic acids is 2. The number of aliphatic hydroxyl groups excluding tert-OH is 1. The van der Waals surface area contributed by atoms with Gasteiger partial charge in [-0.3, -0.25) is 19.2 Å². The minimum atomic E-state index is -4.13. The molecule has 4 atom stereocenters. The molecule has 0 unspecified atom stereocenters. The van der Waals surface area contributed by atoms with Crippen molar-refractivity contribution in [2.75, 3.05) is 32.0 Å². The van der Waals surface area contributed by atoms with Crippen LogP contribution in [0.2, 0.25) is 18.1 Å². The lowest BCUT2D eigenvalue weighted by Crippen LogP contribution is -2.68. The number of rotatable bonds is 14. The van der Waals surface area contributed by atoms with Crippen LogP contribution in [-0.2, 0) is 25.7 Å². The first-order valence-electron chi connectivity index (χ1n) is 17.9. The molecule has 0 amide bonds. The van der Waals surface area contributed by atoms with Crippen molar-refractivity contribution >= 4 is 41.4 Å². The fraction of sp³-hybridized carbons (Fsp3) is 0.595. The smallest absolute Gasteiger partial charge is 0.265 e. The number of sulfonamides is 1. The number of carbonyl (C=O) groups is 2. The van der Waals surface area contributed by atoms with E-state index in [-0.39, 0.29) is 71.4 Å². The van der Waals surface area contributed by atoms with Gasteiger partial charge in [0.2, 0.25) is 11.6 Å². The van der Waals surface area contributed by atoms with Crippen molar-refractivity contribution < 1.29 is 45.9 Å². The van der Waals surface area contributed by atoms with Gasteiger partial charge in [-0.2, -0.15) is 0 Å². The zero-order valence-electron chi connectivity index (χ0n) is 31.6. The maximum atomic E-state index is 16.1. The highest BCUT2D eigenvalue weighted by molar-refractivity contribution is 7.95. The molecule has 286 valence electrons. The van der Waals surface area contributed by atoms with Crippen molar-refractivity contribution in [1.82, 2.24) is 10.1 Å². The number of hydrogen-bond donors (Lipinski definition) is 2. The molecule has 1 fully saturated rings. The molecule has 0 spiro atoms. The van der Waals surface area contributed by atoms with E-state index in [9.17, 15) is 13.5 Å². The van der Waals surface area contributed by atoms with Gasteiger partial charge in [0.05, 0.1) is 30.5 Å². The predicted molar refractivity (Wildman–Crippen MR) is 198 cm³/mol. The van der Waals surface area contributed by atoms with Crippen LogP contribution in [0.15, 0.2) is 28.1 Å². The van der Waals surface area contributed by atoms with Crippen LogP contribution in [0.4, 0.5) is 10.1 Å². The van der Waals surface area contributed by atoms with E-state index in [1.54, 1.807) is 0 Å². The number of aromatic nitrogens is 1. The summed E-state index contributed by atoms with van der Waals surface area (Å²) in [7, 11) is -3.46. The minimum absolute atomic E-state index is 0.0214.